The van der Waals surface area contributed by atoms with Crippen LogP contribution >= 0.6 is 15.9 Å². The highest BCUT2D eigenvalue weighted by Crippen LogP contribution is 2.32. The van der Waals surface area contributed by atoms with Crippen molar-refractivity contribution in [1.82, 2.24) is 39.8 Å². The fourth-order valence-electron chi connectivity index (χ4n) is 7.56. The highest BCUT2D eigenvalue weighted by atomic mass is 79.9. The maximum atomic E-state index is 12.9. The number of nitrogens with zero attached hydrogens (tertiary/aromatic N) is 6. The van der Waals surface area contributed by atoms with E-state index in [2.05, 4.69) is 71.4 Å². The molecule has 0 saturated heterocycles. The summed E-state index contributed by atoms with van der Waals surface area (Å²) in [7, 11) is 0. The Labute approximate surface area is 402 Å². The van der Waals surface area contributed by atoms with Crippen molar-refractivity contribution in [3.63, 3.8) is 0 Å². The fourth-order valence-corrected chi connectivity index (χ4v) is 7.95. The van der Waals surface area contributed by atoms with Gasteiger partial charge in [0.2, 0.25) is 0 Å². The Kier molecular flexibility index (Phi) is 14.2. The van der Waals surface area contributed by atoms with Crippen LogP contribution in [-0.2, 0) is 0 Å². The summed E-state index contributed by atoms with van der Waals surface area (Å²) < 4.78 is 79.6. The standard InChI is InChI=1S/C29H31F3N6O.C20H19BrF3N5O/c1-17(2)19-5-4-6-22(14-19)35-26-15-24(33-12-11-29(30,31)32)27-34-16-25(38(27)37-26)20-7-10-23(18(3)13-20)28(39)36-21-8-9-21;1-11-8-12(2-5-14(11)19(30)27-13-3-4-13)16-10-26-18-15(9-17(21)28-29(16)18)25-7-6-20(22,23)24/h4-7,10,13-17,21,33H,8-9,11-12H2,1-3H3,(H,35,37)(H,36,39);2,5,8-10,13,25H,3-4,6-7H2,1H3,(H,27,30). The number of nitrogens with one attached hydrogen (secondary N) is 5. The lowest BCUT2D eigenvalue weighted by Gasteiger charge is -2.14. The van der Waals surface area contributed by atoms with Gasteiger partial charge in [0.05, 0.1) is 48.0 Å². The summed E-state index contributed by atoms with van der Waals surface area (Å²) in [6.07, 6.45) is -3.13. The third-order valence-corrected chi connectivity index (χ3v) is 11.9. The van der Waals surface area contributed by atoms with Gasteiger partial charge in [0.15, 0.2) is 17.1 Å². The predicted molar refractivity (Wildman–Crippen MR) is 257 cm³/mol. The Morgan fingerprint density at radius 1 is 0.681 bits per heavy atom. The van der Waals surface area contributed by atoms with Gasteiger partial charge in [0, 0.05) is 59.2 Å². The van der Waals surface area contributed by atoms with E-state index < -0.39 is 25.2 Å². The molecule has 0 radical (unpaired) electrons. The molecule has 0 unspecified atom stereocenters. The lowest BCUT2D eigenvalue weighted by atomic mass is 10.0. The number of rotatable bonds is 15. The summed E-state index contributed by atoms with van der Waals surface area (Å²) in [4.78, 5) is 33.8. The van der Waals surface area contributed by atoms with Crippen molar-refractivity contribution in [1.29, 1.82) is 0 Å². The molecule has 0 bridgehead atoms. The molecule has 7 aromatic rings. The lowest BCUT2D eigenvalue weighted by Crippen LogP contribution is -2.26. The van der Waals surface area contributed by atoms with Gasteiger partial charge in [0.25, 0.3) is 11.8 Å². The molecule has 2 saturated carbocycles. The third kappa shape index (κ3) is 12.5. The number of alkyl halides is 6. The molecule has 20 heteroatoms. The van der Waals surface area contributed by atoms with E-state index in [0.717, 1.165) is 59.2 Å². The Morgan fingerprint density at radius 2 is 1.17 bits per heavy atom. The van der Waals surface area contributed by atoms with Crippen LogP contribution in [0.1, 0.15) is 95.7 Å². The molecule has 5 N–H and O–H groups in total. The molecule has 0 spiro atoms. The Morgan fingerprint density at radius 3 is 1.64 bits per heavy atom. The van der Waals surface area contributed by atoms with Crippen LogP contribution in [0.2, 0.25) is 0 Å². The second-order valence-corrected chi connectivity index (χ2v) is 18.4. The summed E-state index contributed by atoms with van der Waals surface area (Å²) in [5.41, 5.74) is 9.43. The molecule has 4 heterocycles. The summed E-state index contributed by atoms with van der Waals surface area (Å²) in [6, 6.07) is 22.7. The number of fused-ring (bicyclic) bond motifs is 2. The van der Waals surface area contributed by atoms with Crippen molar-refractivity contribution in [2.45, 2.75) is 96.6 Å². The molecule has 4 aromatic heterocycles. The van der Waals surface area contributed by atoms with Gasteiger partial charge >= 0.3 is 12.4 Å². The molecule has 0 aliphatic heterocycles. The number of carbonyl (C=O) groups is 2. The number of hydrogen-bond donors (Lipinski definition) is 5. The maximum Gasteiger partial charge on any atom is 0.390 e. The predicted octanol–water partition coefficient (Wildman–Crippen LogP) is 11.6. The van der Waals surface area contributed by atoms with Crippen LogP contribution in [0, 0.1) is 13.8 Å². The molecule has 69 heavy (non-hydrogen) atoms. The number of aryl methyl sites for hydroxylation is 2. The van der Waals surface area contributed by atoms with Gasteiger partial charge in [-0.2, -0.15) is 31.4 Å². The number of anilines is 4. The summed E-state index contributed by atoms with van der Waals surface area (Å²) in [6.45, 7) is 7.39. The van der Waals surface area contributed by atoms with Gasteiger partial charge in [-0.3, -0.25) is 9.59 Å². The molecule has 2 aliphatic carbocycles. The van der Waals surface area contributed by atoms with Crippen molar-refractivity contribution in [3.05, 3.63) is 118 Å². The topological polar surface area (TPSA) is 155 Å². The third-order valence-electron chi connectivity index (χ3n) is 11.5. The molecular weight excluding hydrogens is 969 g/mol. The van der Waals surface area contributed by atoms with E-state index in [1.165, 1.54) is 0 Å². The van der Waals surface area contributed by atoms with E-state index in [1.54, 1.807) is 45.7 Å². The first kappa shape index (κ1) is 48.7. The fraction of sp³-hybridized carbons (Fsp3) is 0.347. The maximum absolute atomic E-state index is 12.9. The van der Waals surface area contributed by atoms with E-state index in [1.807, 2.05) is 62.4 Å². The zero-order chi connectivity index (χ0) is 49.2. The number of amides is 2. The van der Waals surface area contributed by atoms with E-state index >= 15 is 0 Å². The molecule has 2 aliphatic rings. The molecular formula is C49H50BrF6N11O2. The SMILES string of the molecule is Cc1cc(-c2cnc3c(NCCC(F)(F)F)cc(Br)nn23)ccc1C(=O)NC1CC1.Cc1cc(-c2cnc3c(NCCC(F)(F)F)cc(Nc4cccc(C(C)C)c4)nn23)ccc1C(=O)NC1CC1. The van der Waals surface area contributed by atoms with Gasteiger partial charge in [-0.25, -0.2) is 19.0 Å². The van der Waals surface area contributed by atoms with Crippen molar-refractivity contribution in [2.75, 3.05) is 29.0 Å². The highest BCUT2D eigenvalue weighted by molar-refractivity contribution is 9.10. The van der Waals surface area contributed by atoms with Crippen LogP contribution in [0.5, 0.6) is 0 Å². The van der Waals surface area contributed by atoms with Gasteiger partial charge in [-0.15, -0.1) is 5.10 Å². The van der Waals surface area contributed by atoms with Crippen molar-refractivity contribution < 1.29 is 35.9 Å². The largest absolute Gasteiger partial charge is 0.390 e. The number of hydrogen-bond acceptors (Lipinski definition) is 9. The summed E-state index contributed by atoms with van der Waals surface area (Å²) in [5, 5.41) is 24.1. The summed E-state index contributed by atoms with van der Waals surface area (Å²) in [5.74, 6) is 0.606. The van der Waals surface area contributed by atoms with Gasteiger partial charge in [-0.1, -0.05) is 38.1 Å². The highest BCUT2D eigenvalue weighted by Gasteiger charge is 2.29. The minimum Gasteiger partial charge on any atom is -0.382 e. The van der Waals surface area contributed by atoms with Crippen LogP contribution in [0.3, 0.4) is 0 Å². The minimum atomic E-state index is -4.28. The molecule has 3 aromatic carbocycles. The van der Waals surface area contributed by atoms with E-state index in [9.17, 15) is 35.9 Å². The van der Waals surface area contributed by atoms with E-state index in [-0.39, 0.29) is 37.0 Å². The van der Waals surface area contributed by atoms with Crippen molar-refractivity contribution in [3.8, 4) is 22.5 Å². The van der Waals surface area contributed by atoms with Crippen LogP contribution in [0.15, 0.2) is 89.8 Å². The first-order valence-corrected chi connectivity index (χ1v) is 23.3. The second-order valence-electron chi connectivity index (χ2n) is 17.6. The molecule has 362 valence electrons. The van der Waals surface area contributed by atoms with Crippen LogP contribution < -0.4 is 26.6 Å². The van der Waals surface area contributed by atoms with Crippen LogP contribution in [0.25, 0.3) is 33.8 Å². The van der Waals surface area contributed by atoms with Crippen LogP contribution in [-0.4, -0.2) is 78.5 Å². The quantitative estimate of drug-likeness (QED) is 0.0631. The summed E-state index contributed by atoms with van der Waals surface area (Å²) >= 11 is 3.31. The second kappa shape index (κ2) is 20.1. The average Bonchev–Trinajstić information content (AvgIpc) is 4.19. The minimum absolute atomic E-state index is 0.0864. The molecule has 2 amide bonds. The van der Waals surface area contributed by atoms with Crippen molar-refractivity contribution >= 4 is 61.9 Å². The number of halogens is 7. The zero-order valence-corrected chi connectivity index (χ0v) is 39.7. The Hall–Kier alpha value is -6.70. The van der Waals surface area contributed by atoms with Crippen molar-refractivity contribution in [2.24, 2.45) is 0 Å². The molecule has 13 nitrogen and oxygen atoms in total. The molecule has 9 rings (SSSR count). The lowest BCUT2D eigenvalue weighted by molar-refractivity contribution is -0.132. The smallest absolute Gasteiger partial charge is 0.382 e. The molecule has 2 fully saturated rings. The Bertz CT molecular complexity index is 3010. The van der Waals surface area contributed by atoms with E-state index in [0.29, 0.717) is 61.5 Å². The average molecular weight is 1020 g/mol. The molecule has 0 atom stereocenters. The van der Waals surface area contributed by atoms with Gasteiger partial charge < -0.3 is 26.6 Å². The first-order valence-electron chi connectivity index (χ1n) is 22.5. The number of aromatic nitrogens is 6. The van der Waals surface area contributed by atoms with Crippen LogP contribution in [0.4, 0.5) is 49.2 Å². The number of imidazole rings is 2. The number of benzene rings is 3. The monoisotopic (exact) mass is 1020 g/mol. The first-order chi connectivity index (χ1) is 32.8. The van der Waals surface area contributed by atoms with E-state index in [4.69, 9.17) is 5.10 Å². The van der Waals surface area contributed by atoms with Gasteiger partial charge in [-0.05, 0) is 121 Å². The Balaban J connectivity index is 0.000000192. The number of carbonyl (C=O) groups excluding carboxylic acids is 2. The van der Waals surface area contributed by atoms with Gasteiger partial charge in [0.1, 0.15) is 4.60 Å². The normalized spacial score (nSPS) is 13.9. The zero-order valence-electron chi connectivity index (χ0n) is 38.1.